The van der Waals surface area contributed by atoms with Crippen LogP contribution in [0.15, 0.2) is 36.4 Å². The lowest BCUT2D eigenvalue weighted by Crippen LogP contribution is -2.23. The number of carbonyl (C=O) groups excluding carboxylic acids is 1. The second-order valence-electron chi connectivity index (χ2n) is 4.68. The van der Waals surface area contributed by atoms with E-state index in [2.05, 4.69) is 10.3 Å². The van der Waals surface area contributed by atoms with Crippen molar-refractivity contribution in [3.8, 4) is 5.75 Å². The summed E-state index contributed by atoms with van der Waals surface area (Å²) in [6.07, 6.45) is 0. The van der Waals surface area contributed by atoms with Gasteiger partial charge in [-0.05, 0) is 38.1 Å². The van der Waals surface area contributed by atoms with E-state index in [0.29, 0.717) is 30.2 Å². The summed E-state index contributed by atoms with van der Waals surface area (Å²) in [5, 5.41) is 2.83. The zero-order valence-corrected chi connectivity index (χ0v) is 12.2. The number of aryl methyl sites for hydroxylation is 1. The fourth-order valence-corrected chi connectivity index (χ4v) is 1.97. The molecule has 5 nitrogen and oxygen atoms in total. The smallest absolute Gasteiger partial charge is 0.251 e. The Hall–Kier alpha value is -2.56. The van der Waals surface area contributed by atoms with Crippen molar-refractivity contribution < 1.29 is 9.53 Å². The number of rotatable bonds is 5. The van der Waals surface area contributed by atoms with Gasteiger partial charge >= 0.3 is 0 Å². The predicted molar refractivity (Wildman–Crippen MR) is 82.2 cm³/mol. The Bertz CT molecular complexity index is 641. The number of aromatic nitrogens is 1. The number of nitrogens with one attached hydrogen (secondary N) is 1. The summed E-state index contributed by atoms with van der Waals surface area (Å²) in [5.74, 6) is 0.392. The van der Waals surface area contributed by atoms with Crippen LogP contribution in [0.5, 0.6) is 5.75 Å². The van der Waals surface area contributed by atoms with Gasteiger partial charge in [-0.1, -0.05) is 6.07 Å². The maximum Gasteiger partial charge on any atom is 0.251 e. The lowest BCUT2D eigenvalue weighted by Gasteiger charge is -2.09. The number of benzene rings is 1. The number of pyridine rings is 1. The lowest BCUT2D eigenvalue weighted by atomic mass is 10.1. The number of anilines is 1. The molecule has 1 amide bonds. The molecular formula is C16H19N3O2. The molecule has 1 aromatic heterocycles. The third-order valence-corrected chi connectivity index (χ3v) is 2.88. The normalized spacial score (nSPS) is 10.2. The zero-order valence-electron chi connectivity index (χ0n) is 12.2. The van der Waals surface area contributed by atoms with Crippen LogP contribution in [0.2, 0.25) is 0 Å². The number of hydrogen-bond acceptors (Lipinski definition) is 4. The van der Waals surface area contributed by atoms with Gasteiger partial charge in [0.2, 0.25) is 0 Å². The van der Waals surface area contributed by atoms with E-state index in [-0.39, 0.29) is 5.91 Å². The average molecular weight is 285 g/mol. The third-order valence-electron chi connectivity index (χ3n) is 2.88. The standard InChI is InChI=1S/C16H19N3O2/c1-3-21-15-8-12(7-13(17)9-15)16(20)18-10-14-6-4-5-11(2)19-14/h4-9H,3,10,17H2,1-2H3,(H,18,20). The summed E-state index contributed by atoms with van der Waals surface area (Å²) in [6, 6.07) is 10.7. The summed E-state index contributed by atoms with van der Waals surface area (Å²) >= 11 is 0. The van der Waals surface area contributed by atoms with Crippen LogP contribution in [0.25, 0.3) is 0 Å². The van der Waals surface area contributed by atoms with Gasteiger partial charge in [0.1, 0.15) is 5.75 Å². The second-order valence-corrected chi connectivity index (χ2v) is 4.68. The largest absolute Gasteiger partial charge is 0.494 e. The molecular weight excluding hydrogens is 266 g/mol. The Morgan fingerprint density at radius 3 is 2.86 bits per heavy atom. The van der Waals surface area contributed by atoms with E-state index in [0.717, 1.165) is 11.4 Å². The molecule has 0 saturated heterocycles. The van der Waals surface area contributed by atoms with E-state index in [1.807, 2.05) is 32.0 Å². The molecule has 3 N–H and O–H groups in total. The molecule has 0 aliphatic rings. The Kier molecular flexibility index (Phi) is 4.77. The van der Waals surface area contributed by atoms with Gasteiger partial charge in [0.25, 0.3) is 5.91 Å². The van der Waals surface area contributed by atoms with Gasteiger partial charge in [-0.25, -0.2) is 0 Å². The minimum atomic E-state index is -0.202. The highest BCUT2D eigenvalue weighted by Gasteiger charge is 2.09. The van der Waals surface area contributed by atoms with Gasteiger partial charge in [-0.15, -0.1) is 0 Å². The zero-order chi connectivity index (χ0) is 15.2. The van der Waals surface area contributed by atoms with Crippen LogP contribution in [0, 0.1) is 6.92 Å². The van der Waals surface area contributed by atoms with Crippen LogP contribution in [0.1, 0.15) is 28.7 Å². The molecule has 110 valence electrons. The molecule has 2 aromatic rings. The number of hydrogen-bond donors (Lipinski definition) is 2. The number of ether oxygens (including phenoxy) is 1. The lowest BCUT2D eigenvalue weighted by molar-refractivity contribution is 0.0950. The van der Waals surface area contributed by atoms with Crippen molar-refractivity contribution in [3.05, 3.63) is 53.3 Å². The van der Waals surface area contributed by atoms with Crippen LogP contribution in [-0.2, 0) is 6.54 Å². The molecule has 0 unspecified atom stereocenters. The summed E-state index contributed by atoms with van der Waals surface area (Å²) in [7, 11) is 0. The summed E-state index contributed by atoms with van der Waals surface area (Å²) in [4.78, 5) is 16.5. The molecule has 5 heteroatoms. The van der Waals surface area contributed by atoms with Crippen LogP contribution >= 0.6 is 0 Å². The highest BCUT2D eigenvalue weighted by atomic mass is 16.5. The van der Waals surface area contributed by atoms with E-state index < -0.39 is 0 Å². The van der Waals surface area contributed by atoms with Crippen LogP contribution in [-0.4, -0.2) is 17.5 Å². The second kappa shape index (κ2) is 6.74. The fraction of sp³-hybridized carbons (Fsp3) is 0.250. The highest BCUT2D eigenvalue weighted by molar-refractivity contribution is 5.95. The summed E-state index contributed by atoms with van der Waals surface area (Å²) in [6.45, 7) is 4.70. The van der Waals surface area contributed by atoms with Crippen molar-refractivity contribution in [2.45, 2.75) is 20.4 Å². The minimum absolute atomic E-state index is 0.202. The van der Waals surface area contributed by atoms with Crippen molar-refractivity contribution in [1.82, 2.24) is 10.3 Å². The maximum absolute atomic E-state index is 12.2. The van der Waals surface area contributed by atoms with E-state index in [1.165, 1.54) is 0 Å². The number of nitrogens with two attached hydrogens (primary N) is 1. The molecule has 0 fully saturated rings. The van der Waals surface area contributed by atoms with Crippen LogP contribution in [0.3, 0.4) is 0 Å². The van der Waals surface area contributed by atoms with Gasteiger partial charge in [0.05, 0.1) is 18.8 Å². The van der Waals surface area contributed by atoms with E-state index in [1.54, 1.807) is 18.2 Å². The first-order chi connectivity index (χ1) is 10.1. The number of nitrogens with zero attached hydrogens (tertiary/aromatic N) is 1. The van der Waals surface area contributed by atoms with Crippen LogP contribution < -0.4 is 15.8 Å². The van der Waals surface area contributed by atoms with Gasteiger partial charge in [0.15, 0.2) is 0 Å². The SMILES string of the molecule is CCOc1cc(N)cc(C(=O)NCc2cccc(C)n2)c1. The fourth-order valence-electron chi connectivity index (χ4n) is 1.97. The molecule has 0 atom stereocenters. The molecule has 1 heterocycles. The van der Waals surface area contributed by atoms with Gasteiger partial charge in [-0.3, -0.25) is 9.78 Å². The Labute approximate surface area is 124 Å². The number of amides is 1. The number of nitrogen functional groups attached to an aromatic ring is 1. The first kappa shape index (κ1) is 14.8. The Morgan fingerprint density at radius 1 is 1.33 bits per heavy atom. The van der Waals surface area contributed by atoms with E-state index in [4.69, 9.17) is 10.5 Å². The molecule has 1 aromatic carbocycles. The van der Waals surface area contributed by atoms with E-state index in [9.17, 15) is 4.79 Å². The molecule has 0 aliphatic heterocycles. The van der Waals surface area contributed by atoms with Crippen molar-refractivity contribution in [2.75, 3.05) is 12.3 Å². The van der Waals surface area contributed by atoms with Crippen molar-refractivity contribution in [3.63, 3.8) is 0 Å². The minimum Gasteiger partial charge on any atom is -0.494 e. The van der Waals surface area contributed by atoms with Crippen molar-refractivity contribution >= 4 is 11.6 Å². The third kappa shape index (κ3) is 4.21. The molecule has 0 spiro atoms. The predicted octanol–water partition coefficient (Wildman–Crippen LogP) is 2.30. The monoisotopic (exact) mass is 285 g/mol. The van der Waals surface area contributed by atoms with Gasteiger partial charge in [-0.2, -0.15) is 0 Å². The Morgan fingerprint density at radius 2 is 2.14 bits per heavy atom. The van der Waals surface area contributed by atoms with Gasteiger partial charge < -0.3 is 15.8 Å². The molecule has 0 bridgehead atoms. The summed E-state index contributed by atoms with van der Waals surface area (Å²) < 4.78 is 5.38. The van der Waals surface area contributed by atoms with Crippen molar-refractivity contribution in [1.29, 1.82) is 0 Å². The van der Waals surface area contributed by atoms with Crippen LogP contribution in [0.4, 0.5) is 5.69 Å². The molecule has 2 rings (SSSR count). The van der Waals surface area contributed by atoms with Gasteiger partial charge in [0, 0.05) is 23.0 Å². The first-order valence-corrected chi connectivity index (χ1v) is 6.82. The topological polar surface area (TPSA) is 77.2 Å². The first-order valence-electron chi connectivity index (χ1n) is 6.82. The quantitative estimate of drug-likeness (QED) is 0.826. The summed E-state index contributed by atoms with van der Waals surface area (Å²) in [5.41, 5.74) is 8.50. The number of carbonyl (C=O) groups is 1. The highest BCUT2D eigenvalue weighted by Crippen LogP contribution is 2.19. The molecule has 0 aliphatic carbocycles. The Balaban J connectivity index is 2.06. The molecule has 21 heavy (non-hydrogen) atoms. The van der Waals surface area contributed by atoms with E-state index >= 15 is 0 Å². The average Bonchev–Trinajstić information content (AvgIpc) is 2.44. The maximum atomic E-state index is 12.2. The molecule has 0 radical (unpaired) electrons. The molecule has 0 saturated carbocycles. The van der Waals surface area contributed by atoms with Crippen molar-refractivity contribution in [2.24, 2.45) is 0 Å².